The fraction of sp³-hybridized carbons (Fsp3) is 0.500. The number of rotatable bonds is 5. The summed E-state index contributed by atoms with van der Waals surface area (Å²) < 4.78 is 28.3. The summed E-state index contributed by atoms with van der Waals surface area (Å²) in [5, 5.41) is 2.58. The van der Waals surface area contributed by atoms with Crippen LogP contribution in [0.3, 0.4) is 0 Å². The molecule has 6 heteroatoms. The maximum Gasteiger partial charge on any atom is 0.247 e. The molecule has 0 fully saturated rings. The van der Waals surface area contributed by atoms with Gasteiger partial charge in [-0.2, -0.15) is 0 Å². The summed E-state index contributed by atoms with van der Waals surface area (Å²) in [6, 6.07) is 0. The van der Waals surface area contributed by atoms with Crippen molar-refractivity contribution in [2.45, 2.75) is 26.7 Å². The van der Waals surface area contributed by atoms with Crippen molar-refractivity contribution < 1.29 is 17.8 Å². The van der Waals surface area contributed by atoms with Crippen LogP contribution in [0.2, 0.25) is 0 Å². The van der Waals surface area contributed by atoms with Gasteiger partial charge in [-0.05, 0) is 12.5 Å². The van der Waals surface area contributed by atoms with Crippen molar-refractivity contribution in [3.8, 4) is 0 Å². The van der Waals surface area contributed by atoms with Crippen molar-refractivity contribution in [2.24, 2.45) is 0 Å². The molecule has 0 aliphatic carbocycles. The van der Waals surface area contributed by atoms with Crippen LogP contribution in [0.25, 0.3) is 0 Å². The highest BCUT2D eigenvalue weighted by Crippen LogP contribution is 1.95. The summed E-state index contributed by atoms with van der Waals surface area (Å²) >= 11 is 0. The van der Waals surface area contributed by atoms with Crippen molar-refractivity contribution in [2.75, 3.05) is 5.75 Å². The van der Waals surface area contributed by atoms with Crippen molar-refractivity contribution in [1.82, 2.24) is 5.32 Å². The molecule has 0 aromatic rings. The Hall–Kier alpha value is -1.14. The second-order valence-corrected chi connectivity index (χ2v) is 4.59. The molecule has 0 unspecified atom stereocenters. The lowest BCUT2D eigenvalue weighted by molar-refractivity contribution is -0.115. The Morgan fingerprint density at radius 2 is 1.88 bits per heavy atom. The summed E-state index contributed by atoms with van der Waals surface area (Å²) in [5.74, 6) is -0.494. The molecule has 0 aromatic heterocycles. The summed E-state index contributed by atoms with van der Waals surface area (Å²) in [6.07, 6.45) is 3.07. The monoisotopic (exact) mass is 248 g/mol. The van der Waals surface area contributed by atoms with Crippen LogP contribution in [-0.4, -0.2) is 24.6 Å². The topological polar surface area (TPSA) is 86.3 Å². The molecule has 0 bridgehead atoms. The first-order valence-corrected chi connectivity index (χ1v) is 6.39. The van der Waals surface area contributed by atoms with Crippen LogP contribution < -0.4 is 5.32 Å². The lowest BCUT2D eigenvalue weighted by atomic mass is 10.3. The molecular formula is C10H18NO4S-. The number of hydrogen-bond donors (Lipinski definition) is 1. The molecule has 0 spiro atoms. The molecule has 94 valence electrons. The number of allylic oxidation sites excluding steroid dienone is 1. The van der Waals surface area contributed by atoms with Crippen LogP contribution >= 0.6 is 0 Å². The zero-order valence-electron chi connectivity index (χ0n) is 9.65. The molecule has 0 heterocycles. The maximum absolute atomic E-state index is 10.6. The second-order valence-electron chi connectivity index (χ2n) is 2.89. The van der Waals surface area contributed by atoms with Crippen LogP contribution in [0, 0.1) is 0 Å². The molecule has 0 rings (SSSR count). The number of carbonyl (C=O) groups excluding carboxylic acids is 1. The molecule has 0 atom stereocenters. The van der Waals surface area contributed by atoms with Gasteiger partial charge < -0.3 is 9.87 Å². The summed E-state index contributed by atoms with van der Waals surface area (Å²) in [5.41, 5.74) is 0.757. The van der Waals surface area contributed by atoms with Gasteiger partial charge in [0, 0.05) is 11.4 Å². The minimum Gasteiger partial charge on any atom is -0.748 e. The van der Waals surface area contributed by atoms with Crippen LogP contribution in [0.4, 0.5) is 0 Å². The van der Waals surface area contributed by atoms with Gasteiger partial charge in [0.2, 0.25) is 5.91 Å². The van der Waals surface area contributed by atoms with E-state index in [1.807, 2.05) is 6.92 Å². The maximum atomic E-state index is 10.6. The van der Waals surface area contributed by atoms with Gasteiger partial charge in [-0.1, -0.05) is 33.4 Å². The predicted octanol–water partition coefficient (Wildman–Crippen LogP) is 1.15. The highest BCUT2D eigenvalue weighted by Gasteiger charge is 1.94. The number of carbonyl (C=O) groups is 1. The van der Waals surface area contributed by atoms with Crippen LogP contribution in [0.1, 0.15) is 26.7 Å². The van der Waals surface area contributed by atoms with Crippen LogP contribution in [0.15, 0.2) is 24.9 Å². The summed E-state index contributed by atoms with van der Waals surface area (Å²) in [4.78, 5) is 10.6. The number of amides is 1. The third-order valence-corrected chi connectivity index (χ3v) is 2.10. The average Bonchev–Trinajstić information content (AvgIpc) is 2.17. The molecule has 0 saturated carbocycles. The zero-order chi connectivity index (χ0) is 13.2. The van der Waals surface area contributed by atoms with Gasteiger partial charge in [-0.25, -0.2) is 8.42 Å². The SMILES string of the molecule is C=CC(=O)NC(=C)CCC.CCS(=O)(=O)[O-]. The molecule has 16 heavy (non-hydrogen) atoms. The lowest BCUT2D eigenvalue weighted by Gasteiger charge is -2.02. The van der Waals surface area contributed by atoms with E-state index < -0.39 is 10.1 Å². The fourth-order valence-electron chi connectivity index (χ4n) is 0.590. The van der Waals surface area contributed by atoms with E-state index in [9.17, 15) is 17.8 Å². The van der Waals surface area contributed by atoms with Gasteiger partial charge in [0.05, 0.1) is 10.1 Å². The first kappa shape index (κ1) is 17.3. The van der Waals surface area contributed by atoms with Crippen molar-refractivity contribution in [3.05, 3.63) is 24.9 Å². The summed E-state index contributed by atoms with van der Waals surface area (Å²) in [6.45, 7) is 10.3. The largest absolute Gasteiger partial charge is 0.748 e. The van der Waals surface area contributed by atoms with E-state index >= 15 is 0 Å². The van der Waals surface area contributed by atoms with Crippen molar-refractivity contribution in [3.63, 3.8) is 0 Å². The Balaban J connectivity index is 0. The minimum absolute atomic E-state index is 0.182. The first-order valence-electron chi connectivity index (χ1n) is 4.81. The van der Waals surface area contributed by atoms with E-state index in [1.165, 1.54) is 13.0 Å². The van der Waals surface area contributed by atoms with Crippen LogP contribution in [-0.2, 0) is 14.9 Å². The van der Waals surface area contributed by atoms with Crippen LogP contribution in [0.5, 0.6) is 0 Å². The number of hydrogen-bond acceptors (Lipinski definition) is 4. The molecule has 0 radical (unpaired) electrons. The second kappa shape index (κ2) is 9.11. The quantitative estimate of drug-likeness (QED) is 0.584. The standard InChI is InChI=1S/C8H13NO.C2H6O3S/c1-4-6-7(3)9-8(10)5-2;1-2-6(3,4)5/h5H,2-4,6H2,1H3,(H,9,10);2H2,1H3,(H,3,4,5)/p-1. The minimum atomic E-state index is -3.91. The van der Waals surface area contributed by atoms with E-state index in [1.54, 1.807) is 0 Å². The Morgan fingerprint density at radius 1 is 1.44 bits per heavy atom. The Bertz CT molecular complexity index is 333. The van der Waals surface area contributed by atoms with E-state index in [2.05, 4.69) is 18.5 Å². The van der Waals surface area contributed by atoms with Crippen molar-refractivity contribution >= 4 is 16.0 Å². The van der Waals surface area contributed by atoms with Crippen molar-refractivity contribution in [1.29, 1.82) is 0 Å². The van der Waals surface area contributed by atoms with Gasteiger partial charge in [0.1, 0.15) is 0 Å². The Labute approximate surface area is 97.0 Å². The average molecular weight is 248 g/mol. The highest BCUT2D eigenvalue weighted by atomic mass is 32.2. The predicted molar refractivity (Wildman–Crippen MR) is 62.6 cm³/mol. The molecule has 0 aliphatic heterocycles. The number of nitrogens with one attached hydrogen (secondary N) is 1. The Morgan fingerprint density at radius 3 is 2.12 bits per heavy atom. The van der Waals surface area contributed by atoms with E-state index in [4.69, 9.17) is 0 Å². The molecular weight excluding hydrogens is 230 g/mol. The molecule has 1 N–H and O–H groups in total. The normalized spacial score (nSPS) is 9.69. The fourth-order valence-corrected chi connectivity index (χ4v) is 0.590. The van der Waals surface area contributed by atoms with E-state index in [-0.39, 0.29) is 11.7 Å². The molecule has 0 aromatic carbocycles. The molecule has 0 saturated heterocycles. The van der Waals surface area contributed by atoms with Gasteiger partial charge >= 0.3 is 0 Å². The lowest BCUT2D eigenvalue weighted by Crippen LogP contribution is -2.18. The van der Waals surface area contributed by atoms with E-state index in [0.717, 1.165) is 18.5 Å². The first-order chi connectivity index (χ1) is 7.26. The highest BCUT2D eigenvalue weighted by molar-refractivity contribution is 7.85. The van der Waals surface area contributed by atoms with Gasteiger partial charge in [-0.3, -0.25) is 4.79 Å². The van der Waals surface area contributed by atoms with E-state index in [0.29, 0.717) is 0 Å². The third-order valence-electron chi connectivity index (χ3n) is 1.39. The smallest absolute Gasteiger partial charge is 0.247 e. The third kappa shape index (κ3) is 15.3. The summed E-state index contributed by atoms with van der Waals surface area (Å²) in [7, 11) is -3.91. The van der Waals surface area contributed by atoms with Gasteiger partial charge in [0.15, 0.2) is 0 Å². The van der Waals surface area contributed by atoms with Gasteiger partial charge in [0.25, 0.3) is 0 Å². The van der Waals surface area contributed by atoms with Gasteiger partial charge in [-0.15, -0.1) is 0 Å². The molecule has 0 aliphatic rings. The zero-order valence-corrected chi connectivity index (χ0v) is 10.5. The molecule has 1 amide bonds. The molecule has 5 nitrogen and oxygen atoms in total. The Kier molecular flexibility index (Phi) is 9.83.